The molecule has 0 bridgehead atoms. The van der Waals surface area contributed by atoms with Gasteiger partial charge in [-0.2, -0.15) is 0 Å². The van der Waals surface area contributed by atoms with Gasteiger partial charge in [0.2, 0.25) is 0 Å². The Morgan fingerprint density at radius 2 is 1.68 bits per heavy atom. The van der Waals surface area contributed by atoms with Gasteiger partial charge in [0.25, 0.3) is 0 Å². The average Bonchev–Trinajstić information content (AvgIpc) is 2.56. The molecule has 0 unspecified atom stereocenters. The molecule has 0 saturated carbocycles. The first-order valence-electron chi connectivity index (χ1n) is 6.84. The van der Waals surface area contributed by atoms with E-state index in [1.807, 2.05) is 48.5 Å². The SMILES string of the molecule is O=C(O)c1cccc(-c2ccnc(Nc3ccccc3)c2)c1. The maximum Gasteiger partial charge on any atom is 0.335 e. The predicted octanol–water partition coefficient (Wildman–Crippen LogP) is 4.19. The van der Waals surface area contributed by atoms with Gasteiger partial charge in [0.1, 0.15) is 5.82 Å². The predicted molar refractivity (Wildman–Crippen MR) is 86.4 cm³/mol. The first kappa shape index (κ1) is 13.8. The molecule has 0 atom stereocenters. The minimum absolute atomic E-state index is 0.270. The van der Waals surface area contributed by atoms with Gasteiger partial charge < -0.3 is 10.4 Å². The number of para-hydroxylation sites is 1. The fourth-order valence-corrected chi connectivity index (χ4v) is 2.18. The van der Waals surface area contributed by atoms with Gasteiger partial charge in [-0.3, -0.25) is 0 Å². The van der Waals surface area contributed by atoms with Crippen molar-refractivity contribution >= 4 is 17.5 Å². The van der Waals surface area contributed by atoms with E-state index < -0.39 is 5.97 Å². The molecule has 0 aliphatic heterocycles. The molecule has 2 N–H and O–H groups in total. The molecular formula is C18H14N2O2. The first-order valence-corrected chi connectivity index (χ1v) is 6.84. The van der Waals surface area contributed by atoms with Crippen molar-refractivity contribution in [2.45, 2.75) is 0 Å². The van der Waals surface area contributed by atoms with E-state index in [2.05, 4.69) is 10.3 Å². The molecule has 0 aliphatic rings. The number of rotatable bonds is 4. The normalized spacial score (nSPS) is 10.2. The molecule has 1 aromatic heterocycles. The lowest BCUT2D eigenvalue weighted by molar-refractivity contribution is 0.0697. The lowest BCUT2D eigenvalue weighted by Crippen LogP contribution is -1.96. The molecule has 0 spiro atoms. The lowest BCUT2D eigenvalue weighted by Gasteiger charge is -2.08. The molecular weight excluding hydrogens is 276 g/mol. The fourth-order valence-electron chi connectivity index (χ4n) is 2.18. The van der Waals surface area contributed by atoms with Crippen LogP contribution >= 0.6 is 0 Å². The van der Waals surface area contributed by atoms with Gasteiger partial charge in [-0.1, -0.05) is 30.3 Å². The van der Waals surface area contributed by atoms with Gasteiger partial charge in [0, 0.05) is 11.9 Å². The number of aromatic carboxylic acids is 1. The number of benzene rings is 2. The number of carbonyl (C=O) groups is 1. The third kappa shape index (κ3) is 3.12. The van der Waals surface area contributed by atoms with Crippen molar-refractivity contribution in [1.82, 2.24) is 4.98 Å². The van der Waals surface area contributed by atoms with E-state index in [1.54, 1.807) is 24.4 Å². The van der Waals surface area contributed by atoms with E-state index in [9.17, 15) is 4.79 Å². The number of hydrogen-bond acceptors (Lipinski definition) is 3. The smallest absolute Gasteiger partial charge is 0.335 e. The fraction of sp³-hybridized carbons (Fsp3) is 0. The molecule has 4 heteroatoms. The molecule has 2 aromatic carbocycles. The van der Waals surface area contributed by atoms with Crippen LogP contribution in [-0.2, 0) is 0 Å². The second kappa shape index (κ2) is 6.10. The molecule has 0 radical (unpaired) electrons. The Hall–Kier alpha value is -3.14. The Morgan fingerprint density at radius 3 is 2.45 bits per heavy atom. The van der Waals surface area contributed by atoms with E-state index in [1.165, 1.54) is 0 Å². The van der Waals surface area contributed by atoms with Crippen LogP contribution in [0.15, 0.2) is 72.9 Å². The van der Waals surface area contributed by atoms with Gasteiger partial charge in [-0.25, -0.2) is 9.78 Å². The van der Waals surface area contributed by atoms with Gasteiger partial charge in [0.15, 0.2) is 0 Å². The molecule has 0 fully saturated rings. The van der Waals surface area contributed by atoms with Gasteiger partial charge in [0.05, 0.1) is 5.56 Å². The number of pyridine rings is 1. The van der Waals surface area contributed by atoms with E-state index >= 15 is 0 Å². The highest BCUT2D eigenvalue weighted by atomic mass is 16.4. The molecule has 0 saturated heterocycles. The number of aromatic nitrogens is 1. The summed E-state index contributed by atoms with van der Waals surface area (Å²) >= 11 is 0. The Bertz CT molecular complexity index is 801. The minimum atomic E-state index is -0.932. The zero-order valence-corrected chi connectivity index (χ0v) is 11.7. The summed E-state index contributed by atoms with van der Waals surface area (Å²) in [6.07, 6.45) is 1.70. The van der Waals surface area contributed by atoms with Crippen molar-refractivity contribution in [3.8, 4) is 11.1 Å². The molecule has 22 heavy (non-hydrogen) atoms. The third-order valence-electron chi connectivity index (χ3n) is 3.25. The van der Waals surface area contributed by atoms with Crippen LogP contribution in [0.4, 0.5) is 11.5 Å². The molecule has 108 valence electrons. The summed E-state index contributed by atoms with van der Waals surface area (Å²) in [7, 11) is 0. The molecule has 0 amide bonds. The molecule has 3 rings (SSSR count). The summed E-state index contributed by atoms with van der Waals surface area (Å²) in [5.74, 6) is -0.219. The zero-order valence-electron chi connectivity index (χ0n) is 11.7. The summed E-state index contributed by atoms with van der Waals surface area (Å²) in [5.41, 5.74) is 2.98. The van der Waals surface area contributed by atoms with E-state index in [-0.39, 0.29) is 5.56 Å². The van der Waals surface area contributed by atoms with Crippen LogP contribution in [0.1, 0.15) is 10.4 Å². The number of hydrogen-bond donors (Lipinski definition) is 2. The Balaban J connectivity index is 1.91. The van der Waals surface area contributed by atoms with Crippen molar-refractivity contribution < 1.29 is 9.90 Å². The molecule has 0 aliphatic carbocycles. The zero-order chi connectivity index (χ0) is 15.4. The van der Waals surface area contributed by atoms with Crippen molar-refractivity contribution in [3.05, 3.63) is 78.5 Å². The highest BCUT2D eigenvalue weighted by Crippen LogP contribution is 2.23. The number of anilines is 2. The van der Waals surface area contributed by atoms with Crippen molar-refractivity contribution in [2.75, 3.05) is 5.32 Å². The largest absolute Gasteiger partial charge is 0.478 e. The topological polar surface area (TPSA) is 62.2 Å². The van der Waals surface area contributed by atoms with Crippen LogP contribution in [0.2, 0.25) is 0 Å². The molecule has 3 aromatic rings. The standard InChI is InChI=1S/C18H14N2O2/c21-18(22)15-6-4-5-13(11-15)14-9-10-19-17(12-14)20-16-7-2-1-3-8-16/h1-12H,(H,19,20)(H,21,22). The second-order valence-corrected chi connectivity index (χ2v) is 4.81. The maximum absolute atomic E-state index is 11.1. The number of nitrogens with zero attached hydrogens (tertiary/aromatic N) is 1. The Kier molecular flexibility index (Phi) is 3.83. The summed E-state index contributed by atoms with van der Waals surface area (Å²) in [6, 6.07) is 20.4. The monoisotopic (exact) mass is 290 g/mol. The van der Waals surface area contributed by atoms with E-state index in [0.717, 1.165) is 16.8 Å². The van der Waals surface area contributed by atoms with E-state index in [0.29, 0.717) is 5.82 Å². The number of carboxylic acid groups (broad SMARTS) is 1. The average molecular weight is 290 g/mol. The quantitative estimate of drug-likeness (QED) is 0.756. The molecule has 1 heterocycles. The maximum atomic E-state index is 11.1. The van der Waals surface area contributed by atoms with Gasteiger partial charge in [-0.05, 0) is 47.5 Å². The van der Waals surface area contributed by atoms with Crippen LogP contribution in [0.3, 0.4) is 0 Å². The van der Waals surface area contributed by atoms with Crippen molar-refractivity contribution in [2.24, 2.45) is 0 Å². The molecule has 4 nitrogen and oxygen atoms in total. The first-order chi connectivity index (χ1) is 10.7. The number of nitrogens with one attached hydrogen (secondary N) is 1. The number of carboxylic acids is 1. The summed E-state index contributed by atoms with van der Waals surface area (Å²) in [6.45, 7) is 0. The lowest BCUT2D eigenvalue weighted by atomic mass is 10.0. The Morgan fingerprint density at radius 1 is 0.909 bits per heavy atom. The van der Waals surface area contributed by atoms with Crippen LogP contribution in [0, 0.1) is 0 Å². The highest BCUT2D eigenvalue weighted by molar-refractivity contribution is 5.89. The highest BCUT2D eigenvalue weighted by Gasteiger charge is 2.06. The van der Waals surface area contributed by atoms with Crippen LogP contribution in [0.5, 0.6) is 0 Å². The second-order valence-electron chi connectivity index (χ2n) is 4.81. The minimum Gasteiger partial charge on any atom is -0.478 e. The summed E-state index contributed by atoms with van der Waals surface area (Å²) in [5, 5.41) is 12.3. The Labute approximate surface area is 128 Å². The van der Waals surface area contributed by atoms with Gasteiger partial charge in [-0.15, -0.1) is 0 Å². The van der Waals surface area contributed by atoms with Crippen molar-refractivity contribution in [1.29, 1.82) is 0 Å². The van der Waals surface area contributed by atoms with Crippen LogP contribution < -0.4 is 5.32 Å². The van der Waals surface area contributed by atoms with Crippen LogP contribution in [-0.4, -0.2) is 16.1 Å². The summed E-state index contributed by atoms with van der Waals surface area (Å²) < 4.78 is 0. The van der Waals surface area contributed by atoms with Crippen LogP contribution in [0.25, 0.3) is 11.1 Å². The van der Waals surface area contributed by atoms with Crippen molar-refractivity contribution in [3.63, 3.8) is 0 Å². The summed E-state index contributed by atoms with van der Waals surface area (Å²) in [4.78, 5) is 15.4. The van der Waals surface area contributed by atoms with E-state index in [4.69, 9.17) is 5.11 Å². The van der Waals surface area contributed by atoms with Gasteiger partial charge >= 0.3 is 5.97 Å². The third-order valence-corrected chi connectivity index (χ3v) is 3.25.